The van der Waals surface area contributed by atoms with E-state index >= 15 is 0 Å². The van der Waals surface area contributed by atoms with Gasteiger partial charge in [-0.15, -0.1) is 0 Å². The number of carbonyl (C=O) groups excluding carboxylic acids is 2. The topological polar surface area (TPSA) is 95.8 Å². The Hall–Kier alpha value is -3.42. The van der Waals surface area contributed by atoms with Crippen LogP contribution in [0.3, 0.4) is 0 Å². The van der Waals surface area contributed by atoms with Crippen molar-refractivity contribution in [3.05, 3.63) is 69.3 Å². The van der Waals surface area contributed by atoms with Crippen molar-refractivity contribution >= 4 is 23.2 Å². The molecule has 0 spiro atoms. The van der Waals surface area contributed by atoms with E-state index < -0.39 is 11.0 Å². The summed E-state index contributed by atoms with van der Waals surface area (Å²) >= 11 is 0. The minimum Gasteiger partial charge on any atom is -0.378 e. The Labute approximate surface area is 188 Å². The average molecular weight is 439 g/mol. The maximum absolute atomic E-state index is 13.0. The summed E-state index contributed by atoms with van der Waals surface area (Å²) in [7, 11) is 4.01. The molecule has 0 aliphatic carbocycles. The number of hydrogen-bond acceptors (Lipinski definition) is 5. The van der Waals surface area contributed by atoms with Gasteiger partial charge in [-0.25, -0.2) is 0 Å². The smallest absolute Gasteiger partial charge is 0.272 e. The predicted octanol–water partition coefficient (Wildman–Crippen LogP) is 3.32. The van der Waals surface area contributed by atoms with E-state index in [1.165, 1.54) is 23.8 Å². The SMILES string of the molecule is Cc1cc(C(=O)N2CCCC2C(=O)NCCCc2ccc(N(C)C)cc2)ccc1[N+](=O)[O-]. The second kappa shape index (κ2) is 10.3. The minimum atomic E-state index is -0.502. The van der Waals surface area contributed by atoms with E-state index in [-0.39, 0.29) is 17.5 Å². The number of nitrogens with zero attached hydrogens (tertiary/aromatic N) is 3. The van der Waals surface area contributed by atoms with Gasteiger partial charge in [0.25, 0.3) is 11.6 Å². The molecule has 2 amide bonds. The van der Waals surface area contributed by atoms with E-state index in [0.717, 1.165) is 24.9 Å². The number of amides is 2. The lowest BCUT2D eigenvalue weighted by Gasteiger charge is -2.24. The van der Waals surface area contributed by atoms with Crippen LogP contribution < -0.4 is 10.2 Å². The molecule has 2 aromatic rings. The van der Waals surface area contributed by atoms with Crippen molar-refractivity contribution in [1.29, 1.82) is 0 Å². The van der Waals surface area contributed by atoms with Gasteiger partial charge in [-0.3, -0.25) is 19.7 Å². The second-order valence-corrected chi connectivity index (χ2v) is 8.37. The average Bonchev–Trinajstić information content (AvgIpc) is 3.26. The first-order valence-electron chi connectivity index (χ1n) is 10.9. The molecule has 32 heavy (non-hydrogen) atoms. The molecule has 1 saturated heterocycles. The molecule has 1 atom stereocenters. The maximum atomic E-state index is 13.0. The highest BCUT2D eigenvalue weighted by molar-refractivity contribution is 5.98. The van der Waals surface area contributed by atoms with E-state index in [9.17, 15) is 19.7 Å². The Balaban J connectivity index is 1.53. The van der Waals surface area contributed by atoms with Gasteiger partial charge in [-0.05, 0) is 62.4 Å². The van der Waals surface area contributed by atoms with Crippen LogP contribution in [0.5, 0.6) is 0 Å². The third kappa shape index (κ3) is 5.43. The lowest BCUT2D eigenvalue weighted by atomic mass is 10.1. The molecular weight excluding hydrogens is 408 g/mol. The van der Waals surface area contributed by atoms with E-state index in [1.807, 2.05) is 14.1 Å². The maximum Gasteiger partial charge on any atom is 0.272 e. The number of nitrogens with one attached hydrogen (secondary N) is 1. The van der Waals surface area contributed by atoms with Crippen LogP contribution in [-0.2, 0) is 11.2 Å². The Morgan fingerprint density at radius 3 is 2.53 bits per heavy atom. The van der Waals surface area contributed by atoms with Gasteiger partial charge in [0, 0.05) is 50.1 Å². The molecular formula is C24H30N4O4. The van der Waals surface area contributed by atoms with Crippen LogP contribution in [0.15, 0.2) is 42.5 Å². The molecule has 170 valence electrons. The monoisotopic (exact) mass is 438 g/mol. The van der Waals surface area contributed by atoms with Crippen molar-refractivity contribution in [2.24, 2.45) is 0 Å². The quantitative estimate of drug-likeness (QED) is 0.387. The normalized spacial score (nSPS) is 15.5. The van der Waals surface area contributed by atoms with Crippen LogP contribution in [-0.4, -0.2) is 54.9 Å². The van der Waals surface area contributed by atoms with Crippen molar-refractivity contribution < 1.29 is 14.5 Å². The van der Waals surface area contributed by atoms with Gasteiger partial charge in [-0.2, -0.15) is 0 Å². The lowest BCUT2D eigenvalue weighted by molar-refractivity contribution is -0.385. The number of carbonyl (C=O) groups is 2. The Morgan fingerprint density at radius 2 is 1.91 bits per heavy atom. The molecule has 8 heteroatoms. The van der Waals surface area contributed by atoms with E-state index in [4.69, 9.17) is 0 Å². The van der Waals surface area contributed by atoms with Gasteiger partial charge in [0.1, 0.15) is 6.04 Å². The number of aryl methyl sites for hydroxylation is 2. The summed E-state index contributed by atoms with van der Waals surface area (Å²) in [5.41, 5.74) is 3.15. The fourth-order valence-corrected chi connectivity index (χ4v) is 4.02. The van der Waals surface area contributed by atoms with Gasteiger partial charge in [0.15, 0.2) is 0 Å². The number of hydrogen-bond donors (Lipinski definition) is 1. The highest BCUT2D eigenvalue weighted by Crippen LogP contribution is 2.24. The van der Waals surface area contributed by atoms with Crippen molar-refractivity contribution in [3.63, 3.8) is 0 Å². The fraction of sp³-hybridized carbons (Fsp3) is 0.417. The van der Waals surface area contributed by atoms with Gasteiger partial charge < -0.3 is 15.1 Å². The Kier molecular flexibility index (Phi) is 7.45. The summed E-state index contributed by atoms with van der Waals surface area (Å²) in [6.45, 7) is 2.66. The molecule has 1 unspecified atom stereocenters. The van der Waals surface area contributed by atoms with Gasteiger partial charge in [0.05, 0.1) is 4.92 Å². The zero-order valence-corrected chi connectivity index (χ0v) is 18.8. The van der Waals surface area contributed by atoms with Crippen molar-refractivity contribution in [1.82, 2.24) is 10.2 Å². The van der Waals surface area contributed by atoms with Crippen LogP contribution in [0.1, 0.15) is 40.7 Å². The molecule has 0 bridgehead atoms. The summed E-state index contributed by atoms with van der Waals surface area (Å²) in [6.07, 6.45) is 3.06. The predicted molar refractivity (Wildman–Crippen MR) is 124 cm³/mol. The van der Waals surface area contributed by atoms with Crippen LogP contribution >= 0.6 is 0 Å². The first kappa shape index (κ1) is 23.2. The van der Waals surface area contributed by atoms with Gasteiger partial charge in [0.2, 0.25) is 5.91 Å². The van der Waals surface area contributed by atoms with Crippen molar-refractivity contribution in [3.8, 4) is 0 Å². The number of nitro benzene ring substituents is 1. The zero-order valence-electron chi connectivity index (χ0n) is 18.8. The molecule has 0 saturated carbocycles. The molecule has 0 aromatic heterocycles. The largest absolute Gasteiger partial charge is 0.378 e. The standard InChI is InChI=1S/C24H30N4O4/c1-17-16-19(10-13-21(17)28(31)32)24(30)27-15-5-7-22(27)23(29)25-14-4-6-18-8-11-20(12-9-18)26(2)3/h8-13,16,22H,4-7,14-15H2,1-3H3,(H,25,29). The van der Waals surface area contributed by atoms with Crippen LogP contribution in [0.25, 0.3) is 0 Å². The molecule has 8 nitrogen and oxygen atoms in total. The molecule has 1 heterocycles. The van der Waals surface area contributed by atoms with E-state index in [1.54, 1.807) is 11.8 Å². The van der Waals surface area contributed by atoms with Crippen LogP contribution in [0.2, 0.25) is 0 Å². The van der Waals surface area contributed by atoms with Crippen LogP contribution in [0.4, 0.5) is 11.4 Å². The number of anilines is 1. The van der Waals surface area contributed by atoms with E-state index in [2.05, 4.69) is 34.5 Å². The number of rotatable bonds is 8. The molecule has 3 rings (SSSR count). The fourth-order valence-electron chi connectivity index (χ4n) is 4.02. The second-order valence-electron chi connectivity index (χ2n) is 8.37. The summed E-state index contributed by atoms with van der Waals surface area (Å²) in [6, 6.07) is 12.2. The number of nitro groups is 1. The molecule has 2 aromatic carbocycles. The highest BCUT2D eigenvalue weighted by atomic mass is 16.6. The van der Waals surface area contributed by atoms with Gasteiger partial charge >= 0.3 is 0 Å². The first-order valence-corrected chi connectivity index (χ1v) is 10.9. The van der Waals surface area contributed by atoms with E-state index in [0.29, 0.717) is 30.6 Å². The molecule has 1 aliphatic heterocycles. The zero-order chi connectivity index (χ0) is 23.3. The first-order chi connectivity index (χ1) is 15.3. The number of benzene rings is 2. The summed E-state index contributed by atoms with van der Waals surface area (Å²) in [4.78, 5) is 39.9. The Bertz CT molecular complexity index is 988. The molecule has 1 fully saturated rings. The highest BCUT2D eigenvalue weighted by Gasteiger charge is 2.34. The molecule has 1 aliphatic rings. The summed E-state index contributed by atoms with van der Waals surface area (Å²) in [5, 5.41) is 14.0. The summed E-state index contributed by atoms with van der Waals surface area (Å²) in [5.74, 6) is -0.404. The Morgan fingerprint density at radius 1 is 1.19 bits per heavy atom. The van der Waals surface area contributed by atoms with Gasteiger partial charge in [-0.1, -0.05) is 12.1 Å². The van der Waals surface area contributed by atoms with Crippen molar-refractivity contribution in [2.45, 2.75) is 38.6 Å². The summed E-state index contributed by atoms with van der Waals surface area (Å²) < 4.78 is 0. The third-order valence-corrected chi connectivity index (χ3v) is 5.85. The lowest BCUT2D eigenvalue weighted by Crippen LogP contribution is -2.46. The third-order valence-electron chi connectivity index (χ3n) is 5.85. The minimum absolute atomic E-state index is 0.0198. The van der Waals surface area contributed by atoms with Crippen molar-refractivity contribution in [2.75, 3.05) is 32.1 Å². The number of likely N-dealkylation sites (tertiary alicyclic amines) is 1. The molecule has 1 N–H and O–H groups in total. The van der Waals surface area contributed by atoms with Crippen LogP contribution in [0, 0.1) is 17.0 Å². The molecule has 0 radical (unpaired) electrons.